The van der Waals surface area contributed by atoms with E-state index in [2.05, 4.69) is 25.1 Å². The first-order chi connectivity index (χ1) is 18.2. The number of nitrogens with zero attached hydrogens (tertiary/aromatic N) is 2. The number of fused-ring (bicyclic) bond motifs is 1. The first kappa shape index (κ1) is 26.1. The fourth-order valence-electron chi connectivity index (χ4n) is 5.68. The second-order valence-electron chi connectivity index (χ2n) is 10.7. The first-order valence-electron chi connectivity index (χ1n) is 13.5. The van der Waals surface area contributed by atoms with Crippen LogP contribution in [-0.4, -0.2) is 34.8 Å². The highest BCUT2D eigenvalue weighted by Crippen LogP contribution is 2.45. The van der Waals surface area contributed by atoms with Crippen molar-refractivity contribution in [3.8, 4) is 16.9 Å². The highest BCUT2D eigenvalue weighted by molar-refractivity contribution is 6.08. The quantitative estimate of drug-likeness (QED) is 0.233. The Morgan fingerprint density at radius 2 is 1.95 bits per heavy atom. The summed E-state index contributed by atoms with van der Waals surface area (Å²) in [5, 5.41) is 1.97. The maximum atomic E-state index is 13.6. The number of hydrogen-bond donors (Lipinski definition) is 0. The van der Waals surface area contributed by atoms with Crippen LogP contribution in [-0.2, 0) is 20.7 Å². The average Bonchev–Trinajstić information content (AvgIpc) is 2.87. The van der Waals surface area contributed by atoms with Crippen molar-refractivity contribution in [1.29, 1.82) is 0 Å². The Morgan fingerprint density at radius 3 is 2.71 bits per heavy atom. The number of aromatic nitrogens is 2. The molecule has 1 aliphatic heterocycles. The summed E-state index contributed by atoms with van der Waals surface area (Å²) in [7, 11) is 0. The maximum Gasteiger partial charge on any atom is 0.339 e. The van der Waals surface area contributed by atoms with Crippen molar-refractivity contribution in [2.75, 3.05) is 13.2 Å². The molecule has 0 fully saturated rings. The van der Waals surface area contributed by atoms with Crippen molar-refractivity contribution in [1.82, 2.24) is 9.97 Å². The minimum Gasteiger partial charge on any atom is -0.493 e. The Hall–Kier alpha value is -3.51. The molecule has 4 aromatic rings. The average molecular weight is 513 g/mol. The summed E-state index contributed by atoms with van der Waals surface area (Å²) in [6.07, 6.45) is 3.54. The molecule has 0 N–H and O–H groups in total. The fraction of sp³-hybridized carbons (Fsp3) is 0.406. The molecular weight excluding hydrogens is 476 g/mol. The molecule has 0 aliphatic carbocycles. The molecule has 198 valence electrons. The van der Waals surface area contributed by atoms with Crippen molar-refractivity contribution >= 4 is 27.8 Å². The Balaban J connectivity index is 1.86. The summed E-state index contributed by atoms with van der Waals surface area (Å²) < 4.78 is 18.2. The van der Waals surface area contributed by atoms with Crippen LogP contribution in [0.5, 0.6) is 5.75 Å². The second-order valence-corrected chi connectivity index (χ2v) is 10.7. The van der Waals surface area contributed by atoms with Crippen molar-refractivity contribution in [2.24, 2.45) is 0 Å². The van der Waals surface area contributed by atoms with E-state index in [-0.39, 0.29) is 12.6 Å². The van der Waals surface area contributed by atoms with E-state index in [4.69, 9.17) is 24.2 Å². The summed E-state index contributed by atoms with van der Waals surface area (Å²) in [6, 6.07) is 12.3. The van der Waals surface area contributed by atoms with Crippen LogP contribution < -0.4 is 4.74 Å². The molecule has 0 saturated carbocycles. The van der Waals surface area contributed by atoms with Gasteiger partial charge in [0.25, 0.3) is 0 Å². The predicted octanol–water partition coefficient (Wildman–Crippen LogP) is 7.20. The lowest BCUT2D eigenvalue weighted by molar-refractivity contribution is -0.169. The Labute approximate surface area is 224 Å². The van der Waals surface area contributed by atoms with Gasteiger partial charge in [-0.1, -0.05) is 19.4 Å². The molecule has 1 aliphatic rings. The number of ether oxygens (including phenoxy) is 3. The normalized spacial score (nSPS) is 13.9. The minimum atomic E-state index is -0.903. The molecule has 0 bridgehead atoms. The van der Waals surface area contributed by atoms with Gasteiger partial charge in [-0.25, -0.2) is 4.79 Å². The molecule has 3 heterocycles. The van der Waals surface area contributed by atoms with Gasteiger partial charge in [-0.15, -0.1) is 0 Å². The van der Waals surface area contributed by atoms with Gasteiger partial charge in [-0.2, -0.15) is 0 Å². The molecule has 5 rings (SSSR count). The monoisotopic (exact) mass is 512 g/mol. The van der Waals surface area contributed by atoms with Gasteiger partial charge in [-0.05, 0) is 88.1 Å². The smallest absolute Gasteiger partial charge is 0.339 e. The molecule has 0 radical (unpaired) electrons. The van der Waals surface area contributed by atoms with Gasteiger partial charge >= 0.3 is 5.97 Å². The van der Waals surface area contributed by atoms with E-state index in [1.165, 1.54) is 5.56 Å². The van der Waals surface area contributed by atoms with Crippen LogP contribution in [0.1, 0.15) is 69.0 Å². The maximum absolute atomic E-state index is 13.6. The molecule has 0 spiro atoms. The third kappa shape index (κ3) is 4.73. The minimum absolute atomic E-state index is 0.273. The third-order valence-electron chi connectivity index (χ3n) is 7.27. The number of aryl methyl sites for hydroxylation is 2. The van der Waals surface area contributed by atoms with Gasteiger partial charge in [0.05, 0.1) is 29.8 Å². The number of benzene rings is 2. The first-order valence-corrected chi connectivity index (χ1v) is 13.5. The van der Waals surface area contributed by atoms with Gasteiger partial charge < -0.3 is 14.2 Å². The molecule has 0 saturated heterocycles. The van der Waals surface area contributed by atoms with Crippen LogP contribution in [0.3, 0.4) is 0 Å². The van der Waals surface area contributed by atoms with E-state index in [1.54, 1.807) is 0 Å². The van der Waals surface area contributed by atoms with Crippen molar-refractivity contribution in [3.63, 3.8) is 0 Å². The number of rotatable bonds is 8. The molecule has 6 heteroatoms. The predicted molar refractivity (Wildman–Crippen MR) is 151 cm³/mol. The van der Waals surface area contributed by atoms with Crippen molar-refractivity contribution < 1.29 is 19.0 Å². The van der Waals surface area contributed by atoms with Gasteiger partial charge in [0, 0.05) is 40.2 Å². The number of pyridine rings is 2. The van der Waals surface area contributed by atoms with E-state index in [1.807, 2.05) is 59.0 Å². The molecule has 1 atom stereocenters. The van der Waals surface area contributed by atoms with Crippen LogP contribution in [0.4, 0.5) is 0 Å². The molecule has 6 nitrogen and oxygen atoms in total. The topological polar surface area (TPSA) is 70.5 Å². The zero-order chi connectivity index (χ0) is 27.0. The number of carbonyl (C=O) groups excluding carboxylic acids is 1. The Morgan fingerprint density at radius 1 is 1.13 bits per heavy atom. The van der Waals surface area contributed by atoms with Gasteiger partial charge in [0.15, 0.2) is 6.10 Å². The van der Waals surface area contributed by atoms with Crippen LogP contribution in [0.25, 0.3) is 32.9 Å². The highest BCUT2D eigenvalue weighted by atomic mass is 16.6. The fourth-order valence-corrected chi connectivity index (χ4v) is 5.68. The summed E-state index contributed by atoms with van der Waals surface area (Å²) >= 11 is 0. The third-order valence-corrected chi connectivity index (χ3v) is 7.27. The van der Waals surface area contributed by atoms with Gasteiger partial charge in [-0.3, -0.25) is 9.97 Å². The Bertz CT molecular complexity index is 1520. The molecule has 0 amide bonds. The summed E-state index contributed by atoms with van der Waals surface area (Å²) in [5.41, 5.74) is 6.89. The summed E-state index contributed by atoms with van der Waals surface area (Å²) in [6.45, 7) is 12.9. The second kappa shape index (κ2) is 10.3. The van der Waals surface area contributed by atoms with Crippen LogP contribution >= 0.6 is 0 Å². The molecule has 2 aromatic carbocycles. The van der Waals surface area contributed by atoms with E-state index in [0.717, 1.165) is 74.8 Å². The lowest BCUT2D eigenvalue weighted by Gasteiger charge is -2.32. The lowest BCUT2D eigenvalue weighted by Crippen LogP contribution is -2.32. The molecule has 38 heavy (non-hydrogen) atoms. The zero-order valence-corrected chi connectivity index (χ0v) is 23.2. The SMILES string of the molecule is CCCC(C)(C)O[C@@H](C(=O)OCC)c1c(C)cc2nc(C)ccc2c1-c1ccc2c3c(ccnc13)CCO2. The van der Waals surface area contributed by atoms with E-state index in [9.17, 15) is 4.79 Å². The number of hydrogen-bond acceptors (Lipinski definition) is 6. The van der Waals surface area contributed by atoms with Crippen molar-refractivity contribution in [2.45, 2.75) is 72.5 Å². The lowest BCUT2D eigenvalue weighted by atomic mass is 9.86. The van der Waals surface area contributed by atoms with Gasteiger partial charge in [0.2, 0.25) is 0 Å². The molecule has 2 aromatic heterocycles. The van der Waals surface area contributed by atoms with Crippen LogP contribution in [0.15, 0.2) is 42.6 Å². The van der Waals surface area contributed by atoms with E-state index < -0.39 is 11.7 Å². The zero-order valence-electron chi connectivity index (χ0n) is 23.2. The van der Waals surface area contributed by atoms with Crippen LogP contribution in [0, 0.1) is 13.8 Å². The van der Waals surface area contributed by atoms with Crippen LogP contribution in [0.2, 0.25) is 0 Å². The van der Waals surface area contributed by atoms with E-state index in [0.29, 0.717) is 6.61 Å². The summed E-state index contributed by atoms with van der Waals surface area (Å²) in [4.78, 5) is 23.3. The standard InChI is InChI=1S/C32H36N2O4/c1-7-15-32(5,6)38-30(31(35)36-8-2)26-19(3)18-24-22(10-9-20(4)34-24)28(26)23-11-12-25-27-21(14-17-37-25)13-16-33-29(23)27/h9-13,16,18,30H,7-8,14-15,17H2,1-6H3/t30-/m1/s1. The van der Waals surface area contributed by atoms with E-state index >= 15 is 0 Å². The highest BCUT2D eigenvalue weighted by Gasteiger charge is 2.35. The largest absolute Gasteiger partial charge is 0.493 e. The Kier molecular flexibility index (Phi) is 7.10. The molecular formula is C32H36N2O4. The number of carbonyl (C=O) groups is 1. The molecule has 0 unspecified atom stereocenters. The van der Waals surface area contributed by atoms with Crippen molar-refractivity contribution in [3.05, 3.63) is 65.0 Å². The number of esters is 1. The summed E-state index contributed by atoms with van der Waals surface area (Å²) in [5.74, 6) is 0.451. The van der Waals surface area contributed by atoms with Gasteiger partial charge in [0.1, 0.15) is 5.75 Å².